The fraction of sp³-hybridized carbons (Fsp3) is 0.300. The minimum absolute atomic E-state index is 0.0555. The number of carbonyl (C=O) groups is 1. The van der Waals surface area contributed by atoms with Crippen LogP contribution in [0.3, 0.4) is 0 Å². The SMILES string of the molecule is COc1c(O)c2c(=O)cc(OC)c3c4c(OC)cc(=O)c5c(O)c(OC)c6c(c(c1C[C@](C)(O)[C@H]6C(C)=O)c23)c54. The molecule has 0 aliphatic heterocycles. The number of ketones is 1. The third-order valence-electron chi connectivity index (χ3n) is 8.20. The largest absolute Gasteiger partial charge is 0.504 e. The molecular formula is C30H26O10. The lowest BCUT2D eigenvalue weighted by atomic mass is 9.77. The molecule has 5 aromatic carbocycles. The Balaban J connectivity index is 2.20. The van der Waals surface area contributed by atoms with Crippen LogP contribution in [0.1, 0.15) is 30.9 Å². The zero-order valence-corrected chi connectivity index (χ0v) is 22.6. The smallest absolute Gasteiger partial charge is 0.194 e. The van der Waals surface area contributed by atoms with Gasteiger partial charge in [0.25, 0.3) is 0 Å². The molecule has 0 unspecified atom stereocenters. The summed E-state index contributed by atoms with van der Waals surface area (Å²) in [6, 6.07) is 2.43. The average molecular weight is 547 g/mol. The third kappa shape index (κ3) is 2.88. The first kappa shape index (κ1) is 25.7. The predicted molar refractivity (Wildman–Crippen MR) is 149 cm³/mol. The molecule has 2 atom stereocenters. The van der Waals surface area contributed by atoms with Gasteiger partial charge >= 0.3 is 0 Å². The Kier molecular flexibility index (Phi) is 5.28. The zero-order valence-electron chi connectivity index (χ0n) is 22.6. The van der Waals surface area contributed by atoms with Crippen LogP contribution in [-0.2, 0) is 11.2 Å². The first-order valence-electron chi connectivity index (χ1n) is 12.5. The molecule has 1 aliphatic rings. The number of rotatable bonds is 5. The molecule has 10 nitrogen and oxygen atoms in total. The predicted octanol–water partition coefficient (Wildman–Crippen LogP) is 3.32. The quantitative estimate of drug-likeness (QED) is 0.221. The van der Waals surface area contributed by atoms with Crippen LogP contribution in [0, 0.1) is 0 Å². The minimum atomic E-state index is -1.78. The normalized spacial score (nSPS) is 18.6. The highest BCUT2D eigenvalue weighted by molar-refractivity contribution is 6.39. The summed E-state index contributed by atoms with van der Waals surface area (Å²) in [4.78, 5) is 40.3. The Bertz CT molecular complexity index is 2040. The van der Waals surface area contributed by atoms with Crippen molar-refractivity contribution in [2.45, 2.75) is 31.8 Å². The van der Waals surface area contributed by atoms with Crippen LogP contribution in [0.2, 0.25) is 0 Å². The van der Waals surface area contributed by atoms with Crippen molar-refractivity contribution in [2.24, 2.45) is 0 Å². The summed E-state index contributed by atoms with van der Waals surface area (Å²) >= 11 is 0. The van der Waals surface area contributed by atoms with Gasteiger partial charge in [-0.3, -0.25) is 14.4 Å². The molecule has 0 saturated carbocycles. The standard InChI is InChI=1S/C30H26O10/c1-10(31)25-24-22-16-11(9-30(25,2)36)28(39-5)26(34)17-12(32)7-14(37-3)19(21(16)17)20-15(38-4)8-13(33)18(23(20)22)27(35)29(24)40-6/h7-8,25,34-36H,9H2,1-6H3/t25-,30-/m0/s1. The van der Waals surface area contributed by atoms with Crippen LogP contribution in [0.4, 0.5) is 0 Å². The van der Waals surface area contributed by atoms with Crippen LogP contribution in [-0.4, -0.2) is 55.1 Å². The molecule has 0 amide bonds. The van der Waals surface area contributed by atoms with Gasteiger partial charge in [0.1, 0.15) is 17.3 Å². The lowest BCUT2D eigenvalue weighted by Crippen LogP contribution is -2.38. The number of hydrogen-bond donors (Lipinski definition) is 3. The number of phenolic OH excluding ortho intramolecular Hbond substituents is 2. The second-order valence-corrected chi connectivity index (χ2v) is 10.4. The van der Waals surface area contributed by atoms with Gasteiger partial charge in [0.2, 0.25) is 0 Å². The molecule has 3 N–H and O–H groups in total. The van der Waals surface area contributed by atoms with E-state index in [0.29, 0.717) is 27.1 Å². The average Bonchev–Trinajstić information content (AvgIpc) is 2.99. The molecule has 0 saturated heterocycles. The molecule has 0 radical (unpaired) electrons. The monoisotopic (exact) mass is 546 g/mol. The van der Waals surface area contributed by atoms with E-state index in [-0.39, 0.29) is 56.5 Å². The lowest BCUT2D eigenvalue weighted by molar-refractivity contribution is -0.124. The van der Waals surface area contributed by atoms with E-state index in [1.54, 1.807) is 0 Å². The first-order chi connectivity index (χ1) is 18.9. The van der Waals surface area contributed by atoms with Gasteiger partial charge in [-0.05, 0) is 24.6 Å². The number of phenols is 2. The molecule has 0 spiro atoms. The van der Waals surface area contributed by atoms with E-state index in [1.165, 1.54) is 54.4 Å². The number of aromatic hydroxyl groups is 2. The molecule has 0 heterocycles. The van der Waals surface area contributed by atoms with Crippen molar-refractivity contribution in [1.82, 2.24) is 0 Å². The Morgan fingerprint density at radius 3 is 1.68 bits per heavy atom. The van der Waals surface area contributed by atoms with Gasteiger partial charge in [-0.15, -0.1) is 0 Å². The van der Waals surface area contributed by atoms with Crippen molar-refractivity contribution in [3.05, 3.63) is 43.7 Å². The molecule has 6 rings (SSSR count). The molecule has 40 heavy (non-hydrogen) atoms. The van der Waals surface area contributed by atoms with Gasteiger partial charge in [-0.25, -0.2) is 0 Å². The summed E-state index contributed by atoms with van der Waals surface area (Å²) in [5.41, 5.74) is -2.45. The number of ether oxygens (including phenoxy) is 4. The lowest BCUT2D eigenvalue weighted by Gasteiger charge is -2.32. The summed E-state index contributed by atoms with van der Waals surface area (Å²) in [5.74, 6) is -2.55. The number of hydrogen-bond acceptors (Lipinski definition) is 10. The van der Waals surface area contributed by atoms with E-state index in [0.717, 1.165) is 0 Å². The maximum absolute atomic E-state index is 13.5. The van der Waals surface area contributed by atoms with E-state index >= 15 is 0 Å². The van der Waals surface area contributed by atoms with Crippen LogP contribution in [0.15, 0.2) is 21.7 Å². The van der Waals surface area contributed by atoms with E-state index < -0.39 is 39.7 Å². The van der Waals surface area contributed by atoms with Crippen LogP contribution >= 0.6 is 0 Å². The van der Waals surface area contributed by atoms with Crippen molar-refractivity contribution in [2.75, 3.05) is 28.4 Å². The Labute approximate surface area is 226 Å². The van der Waals surface area contributed by atoms with Gasteiger partial charge < -0.3 is 34.3 Å². The summed E-state index contributed by atoms with van der Waals surface area (Å²) in [6.45, 7) is 2.78. The molecule has 0 fully saturated rings. The third-order valence-corrected chi connectivity index (χ3v) is 8.20. The highest BCUT2D eigenvalue weighted by atomic mass is 16.5. The Morgan fingerprint density at radius 1 is 0.750 bits per heavy atom. The molecule has 1 aliphatic carbocycles. The highest BCUT2D eigenvalue weighted by Gasteiger charge is 2.46. The van der Waals surface area contributed by atoms with Crippen molar-refractivity contribution < 1.29 is 39.1 Å². The van der Waals surface area contributed by atoms with Crippen molar-refractivity contribution in [3.8, 4) is 34.5 Å². The number of aliphatic hydroxyl groups is 1. The molecule has 10 heteroatoms. The van der Waals surface area contributed by atoms with Crippen molar-refractivity contribution in [1.29, 1.82) is 0 Å². The molecule has 0 aromatic heterocycles. The second-order valence-electron chi connectivity index (χ2n) is 10.4. The van der Waals surface area contributed by atoms with Crippen LogP contribution in [0.25, 0.3) is 43.1 Å². The van der Waals surface area contributed by atoms with Gasteiger partial charge in [0, 0.05) is 51.2 Å². The van der Waals surface area contributed by atoms with E-state index in [9.17, 15) is 29.7 Å². The second kappa shape index (κ2) is 8.22. The van der Waals surface area contributed by atoms with Crippen LogP contribution < -0.4 is 29.8 Å². The van der Waals surface area contributed by atoms with E-state index in [2.05, 4.69) is 0 Å². The summed E-state index contributed by atoms with van der Waals surface area (Å²) < 4.78 is 22.5. The van der Waals surface area contributed by atoms with E-state index in [1.807, 2.05) is 0 Å². The topological polar surface area (TPSA) is 149 Å². The number of methoxy groups -OCH3 is 4. The van der Waals surface area contributed by atoms with Crippen molar-refractivity contribution in [3.63, 3.8) is 0 Å². The maximum Gasteiger partial charge on any atom is 0.194 e. The number of fused-ring (bicyclic) bond motifs is 1. The minimum Gasteiger partial charge on any atom is -0.504 e. The fourth-order valence-corrected chi connectivity index (χ4v) is 6.89. The summed E-state index contributed by atoms with van der Waals surface area (Å²) in [5, 5.41) is 36.5. The molecule has 206 valence electrons. The maximum atomic E-state index is 13.5. The highest BCUT2D eigenvalue weighted by Crippen LogP contribution is 2.59. The summed E-state index contributed by atoms with van der Waals surface area (Å²) in [7, 11) is 5.37. The van der Waals surface area contributed by atoms with Crippen molar-refractivity contribution >= 4 is 48.9 Å². The van der Waals surface area contributed by atoms with Crippen LogP contribution in [0.5, 0.6) is 34.5 Å². The number of Topliss-reactive ketones (excluding diaryl/α,β-unsaturated/α-hetero) is 1. The van der Waals surface area contributed by atoms with Gasteiger partial charge in [-0.2, -0.15) is 0 Å². The number of carbonyl (C=O) groups excluding carboxylic acids is 1. The number of benzene rings is 5. The first-order valence-corrected chi connectivity index (χ1v) is 12.5. The molecular weight excluding hydrogens is 520 g/mol. The summed E-state index contributed by atoms with van der Waals surface area (Å²) in [6.07, 6.45) is -0.187. The Hall–Kier alpha value is -4.57. The van der Waals surface area contributed by atoms with Gasteiger partial charge in [0.05, 0.1) is 50.7 Å². The van der Waals surface area contributed by atoms with Gasteiger partial charge in [0.15, 0.2) is 33.9 Å². The van der Waals surface area contributed by atoms with E-state index in [4.69, 9.17) is 18.9 Å². The Morgan fingerprint density at radius 2 is 1.23 bits per heavy atom. The van der Waals surface area contributed by atoms with Gasteiger partial charge in [-0.1, -0.05) is 0 Å². The fourth-order valence-electron chi connectivity index (χ4n) is 6.89. The zero-order chi connectivity index (χ0) is 29.0. The molecule has 5 aromatic rings. The molecule has 0 bridgehead atoms.